The van der Waals surface area contributed by atoms with Crippen molar-refractivity contribution in [1.82, 2.24) is 9.80 Å². The molecule has 0 amide bonds. The van der Waals surface area contributed by atoms with Gasteiger partial charge >= 0.3 is 0 Å². The highest BCUT2D eigenvalue weighted by atomic mass is 79.9. The van der Waals surface area contributed by atoms with Crippen molar-refractivity contribution in [3.8, 4) is 0 Å². The molecule has 2 aliphatic heterocycles. The maximum atomic E-state index is 5.62. The number of anilines is 1. The van der Waals surface area contributed by atoms with Crippen molar-refractivity contribution in [3.05, 3.63) is 28.7 Å². The highest BCUT2D eigenvalue weighted by Crippen LogP contribution is 2.23. The Morgan fingerprint density at radius 1 is 1.38 bits per heavy atom. The molecule has 0 bridgehead atoms. The lowest BCUT2D eigenvalue weighted by Crippen LogP contribution is -2.43. The van der Waals surface area contributed by atoms with Crippen molar-refractivity contribution in [2.45, 2.75) is 32.7 Å². The summed E-state index contributed by atoms with van der Waals surface area (Å²) >= 11 is 10.9. The van der Waals surface area contributed by atoms with E-state index in [1.807, 2.05) is 24.3 Å². The number of rotatable bonds is 4. The van der Waals surface area contributed by atoms with Gasteiger partial charge in [0.2, 0.25) is 0 Å². The molecular formula is C19H27BrN4S2. The van der Waals surface area contributed by atoms with E-state index >= 15 is 0 Å². The second kappa shape index (κ2) is 9.53. The van der Waals surface area contributed by atoms with Gasteiger partial charge in [0.15, 0.2) is 10.3 Å². The monoisotopic (exact) mass is 454 g/mol. The molecule has 26 heavy (non-hydrogen) atoms. The largest absolute Gasteiger partial charge is 0.332 e. The van der Waals surface area contributed by atoms with Crippen LogP contribution < -0.4 is 5.32 Å². The van der Waals surface area contributed by atoms with Gasteiger partial charge in [-0.1, -0.05) is 40.7 Å². The molecule has 3 rings (SSSR count). The Balaban J connectivity index is 1.55. The standard InChI is InChI=1S/C19H27BrN4S2/c1-14-5-4-9-23(15(14)2)10-8-21-19-24(11-12-26-19)18(25)22-17-7-3-6-16(20)13-17/h3,6-7,13-15H,4-5,8-12H2,1-2H3,(H,22,25)/b21-19-. The van der Waals surface area contributed by atoms with Crippen LogP contribution in [-0.2, 0) is 0 Å². The number of aliphatic imine (C=N–C) groups is 1. The number of benzene rings is 1. The molecule has 1 N–H and O–H groups in total. The van der Waals surface area contributed by atoms with Crippen LogP contribution in [0.25, 0.3) is 0 Å². The topological polar surface area (TPSA) is 30.9 Å². The first-order valence-electron chi connectivity index (χ1n) is 9.30. The Morgan fingerprint density at radius 2 is 2.23 bits per heavy atom. The van der Waals surface area contributed by atoms with E-state index in [-0.39, 0.29) is 0 Å². The minimum absolute atomic E-state index is 0.663. The predicted octanol–water partition coefficient (Wildman–Crippen LogP) is 4.67. The summed E-state index contributed by atoms with van der Waals surface area (Å²) in [5.74, 6) is 1.83. The van der Waals surface area contributed by atoms with Crippen molar-refractivity contribution in [2.75, 3.05) is 37.2 Å². The lowest BCUT2D eigenvalue weighted by molar-refractivity contribution is 0.118. The first-order valence-corrected chi connectivity index (χ1v) is 11.5. The summed E-state index contributed by atoms with van der Waals surface area (Å²) in [6.45, 7) is 8.72. The van der Waals surface area contributed by atoms with Gasteiger partial charge in [-0.05, 0) is 62.6 Å². The molecule has 2 unspecified atom stereocenters. The molecule has 7 heteroatoms. The van der Waals surface area contributed by atoms with Crippen molar-refractivity contribution < 1.29 is 0 Å². The summed E-state index contributed by atoms with van der Waals surface area (Å²) in [6, 6.07) is 8.73. The van der Waals surface area contributed by atoms with Crippen LogP contribution >= 0.6 is 39.9 Å². The summed E-state index contributed by atoms with van der Waals surface area (Å²) in [6.07, 6.45) is 2.66. The van der Waals surface area contributed by atoms with Crippen LogP contribution in [0.2, 0.25) is 0 Å². The smallest absolute Gasteiger partial charge is 0.179 e. The highest BCUT2D eigenvalue weighted by molar-refractivity contribution is 9.10. The van der Waals surface area contributed by atoms with Crippen LogP contribution in [0.4, 0.5) is 5.69 Å². The SMILES string of the molecule is CC1CCCN(CC/N=C2\SCCN2C(=S)Nc2cccc(Br)c2)C1C. The zero-order chi connectivity index (χ0) is 18.5. The van der Waals surface area contributed by atoms with Gasteiger partial charge in [0, 0.05) is 35.0 Å². The summed E-state index contributed by atoms with van der Waals surface area (Å²) in [5.41, 5.74) is 0.997. The lowest BCUT2D eigenvalue weighted by Gasteiger charge is -2.37. The number of hydrogen-bond donors (Lipinski definition) is 1. The van der Waals surface area contributed by atoms with E-state index in [4.69, 9.17) is 17.2 Å². The van der Waals surface area contributed by atoms with Crippen molar-refractivity contribution in [1.29, 1.82) is 0 Å². The average molecular weight is 455 g/mol. The average Bonchev–Trinajstić information content (AvgIpc) is 3.07. The van der Waals surface area contributed by atoms with E-state index < -0.39 is 0 Å². The third-order valence-electron chi connectivity index (χ3n) is 5.24. The number of piperidine rings is 1. The Morgan fingerprint density at radius 3 is 3.04 bits per heavy atom. The van der Waals surface area contributed by atoms with Gasteiger partial charge in [-0.2, -0.15) is 0 Å². The molecule has 2 heterocycles. The fourth-order valence-electron chi connectivity index (χ4n) is 3.49. The van der Waals surface area contributed by atoms with Crippen LogP contribution in [0, 0.1) is 5.92 Å². The predicted molar refractivity (Wildman–Crippen MR) is 121 cm³/mol. The number of halogens is 1. The maximum Gasteiger partial charge on any atom is 0.179 e. The molecular weight excluding hydrogens is 428 g/mol. The zero-order valence-corrected chi connectivity index (χ0v) is 18.7. The minimum Gasteiger partial charge on any atom is -0.332 e. The molecule has 0 aromatic heterocycles. The molecule has 4 nitrogen and oxygen atoms in total. The second-order valence-electron chi connectivity index (χ2n) is 7.00. The number of hydrogen-bond acceptors (Lipinski definition) is 4. The normalized spacial score (nSPS) is 25.7. The quantitative estimate of drug-likeness (QED) is 0.667. The molecule has 1 aromatic rings. The molecule has 0 saturated carbocycles. The van der Waals surface area contributed by atoms with Gasteiger partial charge in [-0.15, -0.1) is 0 Å². The van der Waals surface area contributed by atoms with E-state index in [1.165, 1.54) is 19.4 Å². The number of nitrogens with one attached hydrogen (secondary N) is 1. The Labute approximate surface area is 174 Å². The van der Waals surface area contributed by atoms with Gasteiger partial charge in [-0.25, -0.2) is 0 Å². The summed E-state index contributed by atoms with van der Waals surface area (Å²) < 4.78 is 1.04. The maximum absolute atomic E-state index is 5.62. The van der Waals surface area contributed by atoms with Crippen LogP contribution in [0.5, 0.6) is 0 Å². The van der Waals surface area contributed by atoms with Gasteiger partial charge in [-0.3, -0.25) is 14.8 Å². The molecule has 1 aromatic carbocycles. The second-order valence-corrected chi connectivity index (χ2v) is 9.37. The molecule has 142 valence electrons. The number of likely N-dealkylation sites (tertiary alicyclic amines) is 1. The first-order chi connectivity index (χ1) is 12.5. The fourth-order valence-corrected chi connectivity index (χ4v) is 5.22. The molecule has 2 fully saturated rings. The molecule has 0 radical (unpaired) electrons. The van der Waals surface area contributed by atoms with E-state index in [9.17, 15) is 0 Å². The Kier molecular flexibility index (Phi) is 7.37. The first kappa shape index (κ1) is 20.1. The minimum atomic E-state index is 0.663. The van der Waals surface area contributed by atoms with E-state index in [1.54, 1.807) is 11.8 Å². The lowest BCUT2D eigenvalue weighted by atomic mass is 9.92. The molecule has 0 aliphatic carbocycles. The summed E-state index contributed by atoms with van der Waals surface area (Å²) in [4.78, 5) is 9.58. The number of nitrogens with zero attached hydrogens (tertiary/aromatic N) is 3. The fraction of sp³-hybridized carbons (Fsp3) is 0.579. The van der Waals surface area contributed by atoms with E-state index in [0.717, 1.165) is 51.7 Å². The molecule has 2 saturated heterocycles. The van der Waals surface area contributed by atoms with Crippen molar-refractivity contribution in [2.24, 2.45) is 10.9 Å². The van der Waals surface area contributed by atoms with Crippen molar-refractivity contribution in [3.63, 3.8) is 0 Å². The molecule has 2 atom stereocenters. The number of thiocarbonyl (C=S) groups is 1. The van der Waals surface area contributed by atoms with Crippen LogP contribution in [0.15, 0.2) is 33.7 Å². The van der Waals surface area contributed by atoms with Gasteiger partial charge in [0.05, 0.1) is 6.54 Å². The van der Waals surface area contributed by atoms with Gasteiger partial charge in [0.1, 0.15) is 0 Å². The number of thioether (sulfide) groups is 1. The zero-order valence-electron chi connectivity index (χ0n) is 15.4. The Hall–Kier alpha value is -0.630. The van der Waals surface area contributed by atoms with Gasteiger partial charge in [0.25, 0.3) is 0 Å². The van der Waals surface area contributed by atoms with Crippen LogP contribution in [0.1, 0.15) is 26.7 Å². The van der Waals surface area contributed by atoms with Crippen LogP contribution in [-0.4, -0.2) is 58.1 Å². The number of amidine groups is 1. The Bertz CT molecular complexity index is 667. The molecule has 0 spiro atoms. The van der Waals surface area contributed by atoms with Gasteiger partial charge < -0.3 is 5.32 Å². The van der Waals surface area contributed by atoms with Crippen molar-refractivity contribution >= 4 is 55.9 Å². The van der Waals surface area contributed by atoms with Crippen LogP contribution in [0.3, 0.4) is 0 Å². The van der Waals surface area contributed by atoms with E-state index in [2.05, 4.69) is 44.9 Å². The highest BCUT2D eigenvalue weighted by Gasteiger charge is 2.25. The molecule has 2 aliphatic rings. The third-order valence-corrected chi connectivity index (χ3v) is 7.05. The third kappa shape index (κ3) is 5.21. The summed E-state index contributed by atoms with van der Waals surface area (Å²) in [5, 5.41) is 5.11. The summed E-state index contributed by atoms with van der Waals surface area (Å²) in [7, 11) is 0. The van der Waals surface area contributed by atoms with E-state index in [0.29, 0.717) is 6.04 Å².